The van der Waals surface area contributed by atoms with E-state index in [4.69, 9.17) is 5.11 Å². The van der Waals surface area contributed by atoms with Crippen LogP contribution in [0.4, 0.5) is 4.39 Å². The van der Waals surface area contributed by atoms with E-state index in [2.05, 4.69) is 18.3 Å². The van der Waals surface area contributed by atoms with Crippen LogP contribution in [-0.4, -0.2) is 18.4 Å². The zero-order valence-corrected chi connectivity index (χ0v) is 8.60. The first-order valence-corrected chi connectivity index (χ1v) is 4.25. The molecule has 0 aromatic carbocycles. The molecule has 0 atom stereocenters. The number of aliphatic hydroxyl groups excluding tert-OH is 1. The summed E-state index contributed by atoms with van der Waals surface area (Å²) in [6.45, 7) is 12.1. The van der Waals surface area contributed by atoms with Crippen LogP contribution in [0.25, 0.3) is 0 Å². The van der Waals surface area contributed by atoms with Crippen molar-refractivity contribution in [2.24, 2.45) is 4.99 Å². The van der Waals surface area contributed by atoms with Crippen LogP contribution < -0.4 is 0 Å². The fourth-order valence-corrected chi connectivity index (χ4v) is 0.700. The summed E-state index contributed by atoms with van der Waals surface area (Å²) in [4.78, 5) is 3.12. The lowest BCUT2D eigenvalue weighted by molar-refractivity contribution is 0.298. The highest BCUT2D eigenvalue weighted by atomic mass is 19.1. The van der Waals surface area contributed by atoms with Gasteiger partial charge in [0.05, 0.1) is 0 Å². The maximum atomic E-state index is 12.7. The van der Waals surface area contributed by atoms with Crippen LogP contribution in [0.5, 0.6) is 0 Å². The molecule has 0 bridgehead atoms. The van der Waals surface area contributed by atoms with Gasteiger partial charge in [-0.25, -0.2) is 4.99 Å². The Morgan fingerprint density at radius 3 is 2.15 bits per heavy atom. The van der Waals surface area contributed by atoms with Crippen molar-refractivity contribution < 1.29 is 9.50 Å². The molecule has 0 aromatic rings. The molecule has 1 N–H and O–H groups in total. The zero-order valence-electron chi connectivity index (χ0n) is 8.60. The lowest BCUT2D eigenvalue weighted by Crippen LogP contribution is -1.92. The molecule has 3 heteroatoms. The number of nitrogens with zero attached hydrogens (tertiary/aromatic N) is 1. The number of halogens is 1. The third-order valence-corrected chi connectivity index (χ3v) is 1.26. The summed E-state index contributed by atoms with van der Waals surface area (Å²) < 4.78 is 12.7. The van der Waals surface area contributed by atoms with Gasteiger partial charge in [-0.05, 0) is 13.6 Å². The van der Waals surface area contributed by atoms with Gasteiger partial charge in [-0.15, -0.1) is 0 Å². The molecule has 0 fully saturated rings. The quantitative estimate of drug-likeness (QED) is 0.409. The van der Waals surface area contributed by atoms with Gasteiger partial charge in [-0.3, -0.25) is 0 Å². The fourth-order valence-electron chi connectivity index (χ4n) is 0.700. The SMILES string of the molecule is C=N/C(F)=C(/CCO)C(=C)C.CC. The minimum Gasteiger partial charge on any atom is -0.396 e. The van der Waals surface area contributed by atoms with Gasteiger partial charge >= 0.3 is 0 Å². The van der Waals surface area contributed by atoms with E-state index in [9.17, 15) is 4.39 Å². The van der Waals surface area contributed by atoms with Crippen molar-refractivity contribution in [2.75, 3.05) is 6.61 Å². The maximum Gasteiger partial charge on any atom is 0.215 e. The van der Waals surface area contributed by atoms with Gasteiger partial charge in [0.1, 0.15) is 0 Å². The van der Waals surface area contributed by atoms with Gasteiger partial charge in [-0.1, -0.05) is 26.0 Å². The van der Waals surface area contributed by atoms with Crippen LogP contribution in [0.3, 0.4) is 0 Å². The molecule has 0 unspecified atom stereocenters. The molecule has 0 aliphatic rings. The molecule has 0 rings (SSSR count). The Kier molecular flexibility index (Phi) is 10.2. The average molecular weight is 187 g/mol. The summed E-state index contributed by atoms with van der Waals surface area (Å²) in [5.41, 5.74) is 0.909. The molecule has 0 saturated carbocycles. The molecule has 0 saturated heterocycles. The molecule has 0 aliphatic carbocycles. The standard InChI is InChI=1S/C8H12FNO.C2H6/c1-6(2)7(4-5-11)8(9)10-3;1-2/h11H,1,3-5H2,2H3;1-2H3/b8-7-;. The summed E-state index contributed by atoms with van der Waals surface area (Å²) in [6, 6.07) is 0. The fraction of sp³-hybridized carbons (Fsp3) is 0.500. The minimum atomic E-state index is -0.647. The van der Waals surface area contributed by atoms with Crippen molar-refractivity contribution in [1.29, 1.82) is 0 Å². The Balaban J connectivity index is 0. The molecule has 76 valence electrons. The first-order chi connectivity index (χ1) is 6.13. The van der Waals surface area contributed by atoms with E-state index in [1.165, 1.54) is 0 Å². The molecule has 0 radical (unpaired) electrons. The van der Waals surface area contributed by atoms with Crippen LogP contribution in [0.1, 0.15) is 27.2 Å². The van der Waals surface area contributed by atoms with E-state index in [0.717, 1.165) is 0 Å². The molecule has 13 heavy (non-hydrogen) atoms. The summed E-state index contributed by atoms with van der Waals surface area (Å²) in [5, 5.41) is 8.53. The van der Waals surface area contributed by atoms with Gasteiger partial charge in [0.25, 0.3) is 0 Å². The van der Waals surface area contributed by atoms with Gasteiger partial charge in [0.2, 0.25) is 5.95 Å². The van der Waals surface area contributed by atoms with Gasteiger partial charge in [0.15, 0.2) is 0 Å². The number of hydrogen-bond donors (Lipinski definition) is 1. The third kappa shape index (κ3) is 6.22. The monoisotopic (exact) mass is 187 g/mol. The summed E-state index contributed by atoms with van der Waals surface area (Å²) >= 11 is 0. The summed E-state index contributed by atoms with van der Waals surface area (Å²) in [7, 11) is 0. The molecular formula is C10H18FNO. The minimum absolute atomic E-state index is 0.106. The topological polar surface area (TPSA) is 32.6 Å². The molecule has 0 aliphatic heterocycles. The van der Waals surface area contributed by atoms with E-state index in [1.807, 2.05) is 13.8 Å². The highest BCUT2D eigenvalue weighted by Gasteiger charge is 2.04. The van der Waals surface area contributed by atoms with Crippen LogP contribution in [0.2, 0.25) is 0 Å². The molecule has 0 heterocycles. The van der Waals surface area contributed by atoms with Crippen molar-refractivity contribution in [2.45, 2.75) is 27.2 Å². The van der Waals surface area contributed by atoms with E-state index < -0.39 is 5.95 Å². The van der Waals surface area contributed by atoms with E-state index in [1.54, 1.807) is 6.92 Å². The molecule has 2 nitrogen and oxygen atoms in total. The van der Waals surface area contributed by atoms with Gasteiger partial charge < -0.3 is 5.11 Å². The first kappa shape index (κ1) is 14.6. The molecular weight excluding hydrogens is 169 g/mol. The van der Waals surface area contributed by atoms with E-state index in [0.29, 0.717) is 11.1 Å². The van der Waals surface area contributed by atoms with Crippen molar-refractivity contribution in [1.82, 2.24) is 0 Å². The Hall–Kier alpha value is -0.960. The largest absolute Gasteiger partial charge is 0.396 e. The van der Waals surface area contributed by atoms with Crippen LogP contribution in [0, 0.1) is 0 Å². The molecule has 0 amide bonds. The van der Waals surface area contributed by atoms with E-state index in [-0.39, 0.29) is 13.0 Å². The highest BCUT2D eigenvalue weighted by molar-refractivity contribution is 5.34. The first-order valence-electron chi connectivity index (χ1n) is 4.25. The van der Waals surface area contributed by atoms with Crippen LogP contribution >= 0.6 is 0 Å². The van der Waals surface area contributed by atoms with Crippen molar-refractivity contribution >= 4 is 6.72 Å². The normalized spacial score (nSPS) is 10.8. The average Bonchev–Trinajstić information content (AvgIpc) is 2.15. The number of allylic oxidation sites excluding steroid dienone is 1. The molecule has 0 aromatic heterocycles. The number of rotatable bonds is 4. The Labute approximate surface area is 79.5 Å². The Bertz CT molecular complexity index is 197. The Morgan fingerprint density at radius 2 is 1.92 bits per heavy atom. The predicted octanol–water partition coefficient (Wildman–Crippen LogP) is 2.85. The number of aliphatic imine (C=N–C) groups is 1. The lowest BCUT2D eigenvalue weighted by atomic mass is 10.1. The van der Waals surface area contributed by atoms with Gasteiger partial charge in [-0.2, -0.15) is 4.39 Å². The van der Waals surface area contributed by atoms with Crippen molar-refractivity contribution in [3.63, 3.8) is 0 Å². The number of hydrogen-bond acceptors (Lipinski definition) is 2. The van der Waals surface area contributed by atoms with Crippen LogP contribution in [-0.2, 0) is 0 Å². The van der Waals surface area contributed by atoms with E-state index >= 15 is 0 Å². The maximum absolute atomic E-state index is 12.7. The number of aliphatic hydroxyl groups is 1. The highest BCUT2D eigenvalue weighted by Crippen LogP contribution is 2.17. The Morgan fingerprint density at radius 1 is 1.46 bits per heavy atom. The summed E-state index contributed by atoms with van der Waals surface area (Å²) in [6.07, 6.45) is 0.236. The second kappa shape index (κ2) is 9.13. The zero-order chi connectivity index (χ0) is 10.9. The third-order valence-electron chi connectivity index (χ3n) is 1.26. The van der Waals surface area contributed by atoms with Crippen LogP contribution in [0.15, 0.2) is 28.7 Å². The van der Waals surface area contributed by atoms with Crippen molar-refractivity contribution in [3.05, 3.63) is 23.7 Å². The predicted molar refractivity (Wildman–Crippen MR) is 55.5 cm³/mol. The molecule has 0 spiro atoms. The van der Waals surface area contributed by atoms with Crippen molar-refractivity contribution in [3.8, 4) is 0 Å². The van der Waals surface area contributed by atoms with Gasteiger partial charge in [0, 0.05) is 18.6 Å². The second-order valence-corrected chi connectivity index (χ2v) is 2.18. The smallest absolute Gasteiger partial charge is 0.215 e. The lowest BCUT2D eigenvalue weighted by Gasteiger charge is -2.03. The summed E-state index contributed by atoms with van der Waals surface area (Å²) in [5.74, 6) is -0.647. The second-order valence-electron chi connectivity index (χ2n) is 2.18.